The molecule has 0 spiro atoms. The molecule has 2 heterocycles. The summed E-state index contributed by atoms with van der Waals surface area (Å²) in [5.41, 5.74) is 0.646. The van der Waals surface area contributed by atoms with Crippen molar-refractivity contribution in [1.29, 1.82) is 5.26 Å². The normalized spacial score (nSPS) is 13.4. The zero-order chi connectivity index (χ0) is 21.1. The molecule has 0 radical (unpaired) electrons. The Labute approximate surface area is 170 Å². The third-order valence-electron chi connectivity index (χ3n) is 4.19. The van der Waals surface area contributed by atoms with E-state index in [2.05, 4.69) is 11.9 Å². The molecule has 1 atom stereocenters. The topological polar surface area (TPSA) is 117 Å². The highest BCUT2D eigenvalue weighted by Crippen LogP contribution is 2.25. The molecule has 0 aliphatic carbocycles. The van der Waals surface area contributed by atoms with Gasteiger partial charge >= 0.3 is 5.97 Å². The molecule has 0 unspecified atom stereocenters. The molecule has 1 aliphatic rings. The average molecular weight is 409 g/mol. The predicted molar refractivity (Wildman–Crippen MR) is 105 cm³/mol. The first-order chi connectivity index (χ1) is 13.9. The SMILES string of the molecule is C=CCN1C(=O)c2ccc(C(=O)O[C@H](C)C(=O)Nc3sccc3C#N)cc2C1=O. The van der Waals surface area contributed by atoms with E-state index in [1.165, 1.54) is 42.5 Å². The number of nitrogens with zero attached hydrogens (tertiary/aromatic N) is 2. The van der Waals surface area contributed by atoms with Gasteiger partial charge in [0.25, 0.3) is 17.7 Å². The summed E-state index contributed by atoms with van der Waals surface area (Å²) >= 11 is 1.18. The lowest BCUT2D eigenvalue weighted by atomic mass is 10.1. The Morgan fingerprint density at radius 3 is 2.72 bits per heavy atom. The Morgan fingerprint density at radius 1 is 1.31 bits per heavy atom. The van der Waals surface area contributed by atoms with Crippen LogP contribution in [0.3, 0.4) is 0 Å². The monoisotopic (exact) mass is 409 g/mol. The summed E-state index contributed by atoms with van der Waals surface area (Å²) in [7, 11) is 0. The average Bonchev–Trinajstić information content (AvgIpc) is 3.25. The Kier molecular flexibility index (Phi) is 5.57. The van der Waals surface area contributed by atoms with Gasteiger partial charge in [-0.05, 0) is 36.6 Å². The van der Waals surface area contributed by atoms with Crippen molar-refractivity contribution in [2.45, 2.75) is 13.0 Å². The number of carbonyl (C=O) groups is 4. The fourth-order valence-electron chi connectivity index (χ4n) is 2.70. The second-order valence-corrected chi connectivity index (χ2v) is 7.00. The van der Waals surface area contributed by atoms with Crippen LogP contribution >= 0.6 is 11.3 Å². The number of rotatable bonds is 6. The van der Waals surface area contributed by atoms with Crippen molar-refractivity contribution in [2.75, 3.05) is 11.9 Å². The summed E-state index contributed by atoms with van der Waals surface area (Å²) in [6.45, 7) is 4.97. The summed E-state index contributed by atoms with van der Waals surface area (Å²) < 4.78 is 5.16. The molecule has 0 bridgehead atoms. The number of benzene rings is 1. The van der Waals surface area contributed by atoms with E-state index < -0.39 is 29.8 Å². The van der Waals surface area contributed by atoms with Gasteiger partial charge in [-0.1, -0.05) is 6.08 Å². The van der Waals surface area contributed by atoms with E-state index in [-0.39, 0.29) is 23.2 Å². The number of anilines is 1. The van der Waals surface area contributed by atoms with Crippen molar-refractivity contribution >= 4 is 40.0 Å². The molecular formula is C20H15N3O5S. The van der Waals surface area contributed by atoms with Gasteiger partial charge in [0.05, 0.1) is 22.3 Å². The third kappa shape index (κ3) is 3.79. The number of carbonyl (C=O) groups excluding carboxylic acids is 4. The summed E-state index contributed by atoms with van der Waals surface area (Å²) in [5, 5.41) is 13.5. The molecule has 1 aliphatic heterocycles. The molecule has 0 saturated heterocycles. The molecule has 146 valence electrons. The van der Waals surface area contributed by atoms with Gasteiger partial charge in [0.1, 0.15) is 11.1 Å². The Bertz CT molecular complexity index is 1080. The van der Waals surface area contributed by atoms with Crippen LogP contribution in [0.5, 0.6) is 0 Å². The Balaban J connectivity index is 1.71. The van der Waals surface area contributed by atoms with E-state index >= 15 is 0 Å². The van der Waals surface area contributed by atoms with Gasteiger partial charge < -0.3 is 10.1 Å². The van der Waals surface area contributed by atoms with Crippen molar-refractivity contribution in [3.63, 3.8) is 0 Å². The number of ether oxygens (including phenoxy) is 1. The van der Waals surface area contributed by atoms with E-state index in [9.17, 15) is 19.2 Å². The van der Waals surface area contributed by atoms with Gasteiger partial charge in [-0.25, -0.2) is 4.79 Å². The van der Waals surface area contributed by atoms with Crippen molar-refractivity contribution < 1.29 is 23.9 Å². The van der Waals surface area contributed by atoms with Gasteiger partial charge in [0, 0.05) is 6.54 Å². The number of amides is 3. The highest BCUT2D eigenvalue weighted by Gasteiger charge is 2.35. The number of imide groups is 1. The van der Waals surface area contributed by atoms with Crippen LogP contribution in [0, 0.1) is 11.3 Å². The van der Waals surface area contributed by atoms with Gasteiger partial charge in [-0.15, -0.1) is 17.9 Å². The van der Waals surface area contributed by atoms with E-state index in [1.807, 2.05) is 6.07 Å². The van der Waals surface area contributed by atoms with E-state index in [4.69, 9.17) is 10.00 Å². The molecule has 29 heavy (non-hydrogen) atoms. The number of hydrogen-bond donors (Lipinski definition) is 1. The summed E-state index contributed by atoms with van der Waals surface area (Å²) in [6.07, 6.45) is 0.293. The van der Waals surface area contributed by atoms with Crippen molar-refractivity contribution in [2.24, 2.45) is 0 Å². The summed E-state index contributed by atoms with van der Waals surface area (Å²) in [5.74, 6) is -2.39. The van der Waals surface area contributed by atoms with Gasteiger partial charge in [-0.2, -0.15) is 5.26 Å². The number of nitriles is 1. The van der Waals surface area contributed by atoms with Crippen LogP contribution in [-0.4, -0.2) is 41.2 Å². The molecule has 1 N–H and O–H groups in total. The minimum atomic E-state index is -1.14. The first-order valence-electron chi connectivity index (χ1n) is 8.48. The van der Waals surface area contributed by atoms with Crippen molar-refractivity contribution in [3.8, 4) is 6.07 Å². The molecule has 3 rings (SSSR count). The maximum atomic E-state index is 12.4. The number of fused-ring (bicyclic) bond motifs is 1. The largest absolute Gasteiger partial charge is 0.449 e. The molecule has 1 aromatic carbocycles. The Morgan fingerprint density at radius 2 is 2.03 bits per heavy atom. The third-order valence-corrected chi connectivity index (χ3v) is 5.02. The van der Waals surface area contributed by atoms with Gasteiger partial charge in [0.15, 0.2) is 6.10 Å². The molecule has 0 fully saturated rings. The highest BCUT2D eigenvalue weighted by atomic mass is 32.1. The minimum Gasteiger partial charge on any atom is -0.449 e. The second-order valence-electron chi connectivity index (χ2n) is 6.08. The highest BCUT2D eigenvalue weighted by molar-refractivity contribution is 7.14. The van der Waals surface area contributed by atoms with Crippen molar-refractivity contribution in [1.82, 2.24) is 4.90 Å². The Hall–Kier alpha value is -3.77. The minimum absolute atomic E-state index is 0.0406. The lowest BCUT2D eigenvalue weighted by Gasteiger charge is -2.13. The predicted octanol–water partition coefficient (Wildman–Crippen LogP) is 2.59. The molecule has 8 nitrogen and oxygen atoms in total. The lowest BCUT2D eigenvalue weighted by molar-refractivity contribution is -0.123. The molecule has 2 aromatic rings. The number of nitrogens with one attached hydrogen (secondary N) is 1. The van der Waals surface area contributed by atoms with E-state index in [0.29, 0.717) is 10.6 Å². The first-order valence-corrected chi connectivity index (χ1v) is 9.36. The number of thiophene rings is 1. The van der Waals surface area contributed by atoms with Crippen LogP contribution in [0.15, 0.2) is 42.3 Å². The quantitative estimate of drug-likeness (QED) is 0.445. The second kappa shape index (κ2) is 8.08. The molecule has 0 saturated carbocycles. The summed E-state index contributed by atoms with van der Waals surface area (Å²) in [6, 6.07) is 7.53. The van der Waals surface area contributed by atoms with Crippen LogP contribution in [-0.2, 0) is 9.53 Å². The molecular weight excluding hydrogens is 394 g/mol. The zero-order valence-electron chi connectivity index (χ0n) is 15.3. The number of esters is 1. The fraction of sp³-hybridized carbons (Fsp3) is 0.150. The molecule has 9 heteroatoms. The van der Waals surface area contributed by atoms with Crippen LogP contribution in [0.1, 0.15) is 43.6 Å². The van der Waals surface area contributed by atoms with Crippen LogP contribution in [0.25, 0.3) is 0 Å². The van der Waals surface area contributed by atoms with E-state index in [1.54, 1.807) is 11.4 Å². The summed E-state index contributed by atoms with van der Waals surface area (Å²) in [4.78, 5) is 50.2. The first kappa shape index (κ1) is 20.0. The zero-order valence-corrected chi connectivity index (χ0v) is 16.1. The molecule has 1 aromatic heterocycles. The maximum absolute atomic E-state index is 12.4. The number of hydrogen-bond acceptors (Lipinski definition) is 7. The van der Waals surface area contributed by atoms with E-state index in [0.717, 1.165) is 4.90 Å². The van der Waals surface area contributed by atoms with Gasteiger partial charge in [-0.3, -0.25) is 19.3 Å². The molecule has 3 amide bonds. The smallest absolute Gasteiger partial charge is 0.338 e. The lowest BCUT2D eigenvalue weighted by Crippen LogP contribution is -2.30. The van der Waals surface area contributed by atoms with Gasteiger partial charge in [0.2, 0.25) is 0 Å². The fourth-order valence-corrected chi connectivity index (χ4v) is 3.44. The standard InChI is InChI=1S/C20H15N3O5S/c1-3-7-23-18(25)14-5-4-12(9-15(14)19(23)26)20(27)28-11(2)16(24)22-17-13(10-21)6-8-29-17/h3-6,8-9,11H,1,7H2,2H3,(H,22,24)/t11-/m1/s1. The maximum Gasteiger partial charge on any atom is 0.338 e. The van der Waals surface area contributed by atoms with Crippen LogP contribution in [0.2, 0.25) is 0 Å². The van der Waals surface area contributed by atoms with Crippen molar-refractivity contribution in [3.05, 3.63) is 64.6 Å². The van der Waals surface area contributed by atoms with Crippen LogP contribution in [0.4, 0.5) is 5.00 Å². The van der Waals surface area contributed by atoms with Crippen LogP contribution < -0.4 is 5.32 Å².